The van der Waals surface area contributed by atoms with Crippen LogP contribution in [0.25, 0.3) is 0 Å². The van der Waals surface area contributed by atoms with Gasteiger partial charge in [0.2, 0.25) is 11.9 Å². The van der Waals surface area contributed by atoms with Crippen LogP contribution in [-0.2, 0) is 0 Å². The maximum Gasteiger partial charge on any atom is 0.248 e. The highest BCUT2D eigenvalue weighted by molar-refractivity contribution is 6.29. The number of alkyl halides is 2. The van der Waals surface area contributed by atoms with Gasteiger partial charge in [0.1, 0.15) is 11.0 Å². The number of hydrogen-bond acceptors (Lipinski definition) is 5. The Kier molecular flexibility index (Phi) is 4.69. The van der Waals surface area contributed by atoms with Gasteiger partial charge in [0, 0.05) is 31.2 Å². The predicted molar refractivity (Wildman–Crippen MR) is 75.7 cm³/mol. The molecule has 5 nitrogen and oxygen atoms in total. The third kappa shape index (κ3) is 4.26. The van der Waals surface area contributed by atoms with E-state index in [1.54, 1.807) is 19.2 Å². The minimum Gasteiger partial charge on any atom is -0.367 e. The van der Waals surface area contributed by atoms with Crippen LogP contribution in [-0.4, -0.2) is 28.1 Å². The molecule has 0 spiro atoms. The summed E-state index contributed by atoms with van der Waals surface area (Å²) < 4.78 is 26.2. The van der Waals surface area contributed by atoms with Crippen LogP contribution in [0, 0.1) is 0 Å². The summed E-state index contributed by atoms with van der Waals surface area (Å²) in [6.45, 7) is 1.75. The van der Waals surface area contributed by atoms with E-state index in [0.29, 0.717) is 18.7 Å². The molecule has 1 saturated carbocycles. The fraction of sp³-hybridized carbons (Fsp3) is 0.583. The summed E-state index contributed by atoms with van der Waals surface area (Å²) in [5.41, 5.74) is 2.63. The molecule has 20 heavy (non-hydrogen) atoms. The highest BCUT2D eigenvalue weighted by Gasteiger charge is 2.34. The third-order valence-electron chi connectivity index (χ3n) is 3.06. The van der Waals surface area contributed by atoms with Crippen LogP contribution in [0.4, 0.5) is 20.5 Å². The summed E-state index contributed by atoms with van der Waals surface area (Å²) in [4.78, 5) is 8.14. The molecule has 1 aliphatic carbocycles. The van der Waals surface area contributed by atoms with Crippen LogP contribution in [0.2, 0.25) is 5.15 Å². The standard InChI is InChI=1S/C12H16ClF2N5/c1-2-16-20-11-18-9(13)7-10(19-11)17-8-3-5-12(14,15)6-4-8/h2,7-8H,3-6H2,1H3,(H2,17,18,19,20)/b16-2+. The van der Waals surface area contributed by atoms with E-state index in [9.17, 15) is 8.78 Å². The molecule has 0 amide bonds. The minimum atomic E-state index is -2.54. The van der Waals surface area contributed by atoms with Crippen molar-refractivity contribution >= 4 is 29.6 Å². The van der Waals surface area contributed by atoms with Crippen molar-refractivity contribution < 1.29 is 8.78 Å². The van der Waals surface area contributed by atoms with E-state index < -0.39 is 5.92 Å². The molecule has 0 bridgehead atoms. The van der Waals surface area contributed by atoms with E-state index in [2.05, 4.69) is 25.8 Å². The molecule has 0 radical (unpaired) electrons. The highest BCUT2D eigenvalue weighted by Crippen LogP contribution is 2.34. The van der Waals surface area contributed by atoms with E-state index in [-0.39, 0.29) is 30.0 Å². The van der Waals surface area contributed by atoms with Crippen LogP contribution in [0.15, 0.2) is 11.2 Å². The molecule has 1 aromatic rings. The number of anilines is 2. The zero-order chi connectivity index (χ0) is 14.6. The summed E-state index contributed by atoms with van der Waals surface area (Å²) in [6, 6.07) is 1.54. The minimum absolute atomic E-state index is 0.0249. The predicted octanol–water partition coefficient (Wildman–Crippen LogP) is 3.54. The van der Waals surface area contributed by atoms with E-state index in [4.69, 9.17) is 11.6 Å². The molecular weight excluding hydrogens is 288 g/mol. The van der Waals surface area contributed by atoms with E-state index in [0.717, 1.165) is 0 Å². The Hall–Kier alpha value is -1.50. The van der Waals surface area contributed by atoms with Gasteiger partial charge < -0.3 is 5.32 Å². The number of nitrogens with one attached hydrogen (secondary N) is 2. The van der Waals surface area contributed by atoms with Crippen LogP contribution in [0.3, 0.4) is 0 Å². The Morgan fingerprint density at radius 3 is 2.75 bits per heavy atom. The van der Waals surface area contributed by atoms with Crippen molar-refractivity contribution in [2.75, 3.05) is 10.7 Å². The second kappa shape index (κ2) is 6.30. The largest absolute Gasteiger partial charge is 0.367 e. The average molecular weight is 304 g/mol. The topological polar surface area (TPSA) is 62.2 Å². The number of rotatable bonds is 4. The maximum atomic E-state index is 13.1. The van der Waals surface area contributed by atoms with Gasteiger partial charge in [0.25, 0.3) is 0 Å². The molecule has 0 unspecified atom stereocenters. The Bertz CT molecular complexity index is 485. The van der Waals surface area contributed by atoms with Crippen molar-refractivity contribution in [1.82, 2.24) is 9.97 Å². The Morgan fingerprint density at radius 1 is 1.40 bits per heavy atom. The Labute approximate surface area is 120 Å². The maximum absolute atomic E-state index is 13.1. The molecule has 110 valence electrons. The first-order chi connectivity index (χ1) is 9.48. The quantitative estimate of drug-likeness (QED) is 0.507. The van der Waals surface area contributed by atoms with Gasteiger partial charge in [0.15, 0.2) is 0 Å². The second-order valence-electron chi connectivity index (χ2n) is 4.67. The van der Waals surface area contributed by atoms with Crippen molar-refractivity contribution in [3.63, 3.8) is 0 Å². The number of nitrogens with zero attached hydrogens (tertiary/aromatic N) is 3. The molecule has 1 aliphatic rings. The van der Waals surface area contributed by atoms with Crippen molar-refractivity contribution in [2.24, 2.45) is 5.10 Å². The van der Waals surface area contributed by atoms with Crippen molar-refractivity contribution in [2.45, 2.75) is 44.6 Å². The zero-order valence-corrected chi connectivity index (χ0v) is 11.8. The molecular formula is C12H16ClF2N5. The summed E-state index contributed by atoms with van der Waals surface area (Å²) >= 11 is 5.89. The van der Waals surface area contributed by atoms with Gasteiger partial charge in [0.05, 0.1) is 0 Å². The monoisotopic (exact) mass is 303 g/mol. The van der Waals surface area contributed by atoms with E-state index in [1.165, 1.54) is 0 Å². The van der Waals surface area contributed by atoms with Gasteiger partial charge >= 0.3 is 0 Å². The van der Waals surface area contributed by atoms with Crippen LogP contribution < -0.4 is 10.7 Å². The van der Waals surface area contributed by atoms with Crippen LogP contribution in [0.5, 0.6) is 0 Å². The number of hydrogen-bond donors (Lipinski definition) is 2. The summed E-state index contributed by atoms with van der Waals surface area (Å²) in [6.07, 6.45) is 2.17. The lowest BCUT2D eigenvalue weighted by atomic mass is 9.92. The number of hydrazone groups is 1. The van der Waals surface area contributed by atoms with Gasteiger partial charge in [-0.2, -0.15) is 15.1 Å². The molecule has 0 aromatic carbocycles. The highest BCUT2D eigenvalue weighted by atomic mass is 35.5. The Balaban J connectivity index is 2.00. The molecule has 1 fully saturated rings. The van der Waals surface area contributed by atoms with Crippen LogP contribution >= 0.6 is 11.6 Å². The smallest absolute Gasteiger partial charge is 0.248 e. The van der Waals surface area contributed by atoms with Crippen molar-refractivity contribution in [1.29, 1.82) is 0 Å². The first-order valence-corrected chi connectivity index (χ1v) is 6.79. The average Bonchev–Trinajstić information content (AvgIpc) is 2.38. The number of aromatic nitrogens is 2. The summed E-state index contributed by atoms with van der Waals surface area (Å²) in [7, 11) is 0. The SMILES string of the molecule is C/C=N/Nc1nc(Cl)cc(NC2CCC(F)(F)CC2)n1. The normalized spacial score (nSPS) is 19.2. The first-order valence-electron chi connectivity index (χ1n) is 6.41. The summed E-state index contributed by atoms with van der Waals surface area (Å²) in [5, 5.41) is 7.18. The second-order valence-corrected chi connectivity index (χ2v) is 5.06. The molecule has 1 aromatic heterocycles. The molecule has 8 heteroatoms. The van der Waals surface area contributed by atoms with Gasteiger partial charge in [-0.3, -0.25) is 0 Å². The van der Waals surface area contributed by atoms with Gasteiger partial charge in [-0.05, 0) is 19.8 Å². The Morgan fingerprint density at radius 2 is 2.10 bits per heavy atom. The van der Waals surface area contributed by atoms with Crippen molar-refractivity contribution in [3.05, 3.63) is 11.2 Å². The fourth-order valence-corrected chi connectivity index (χ4v) is 2.24. The van der Waals surface area contributed by atoms with Gasteiger partial charge in [-0.15, -0.1) is 0 Å². The van der Waals surface area contributed by atoms with E-state index in [1.807, 2.05) is 0 Å². The molecule has 0 saturated heterocycles. The van der Waals surface area contributed by atoms with Gasteiger partial charge in [-0.25, -0.2) is 14.2 Å². The molecule has 2 rings (SSSR count). The lowest BCUT2D eigenvalue weighted by Crippen LogP contribution is -2.32. The lowest BCUT2D eigenvalue weighted by Gasteiger charge is -2.29. The first kappa shape index (κ1) is 14.9. The van der Waals surface area contributed by atoms with E-state index >= 15 is 0 Å². The molecule has 0 aliphatic heterocycles. The number of halogens is 3. The van der Waals surface area contributed by atoms with Crippen LogP contribution in [0.1, 0.15) is 32.6 Å². The molecule has 1 heterocycles. The summed E-state index contributed by atoms with van der Waals surface area (Å²) in [5.74, 6) is -1.77. The third-order valence-corrected chi connectivity index (χ3v) is 3.25. The lowest BCUT2D eigenvalue weighted by molar-refractivity contribution is -0.0361. The molecule has 0 atom stereocenters. The van der Waals surface area contributed by atoms with Gasteiger partial charge in [-0.1, -0.05) is 11.6 Å². The van der Waals surface area contributed by atoms with Crippen molar-refractivity contribution in [3.8, 4) is 0 Å². The molecule has 2 N–H and O–H groups in total. The zero-order valence-electron chi connectivity index (χ0n) is 11.0. The fourth-order valence-electron chi connectivity index (χ4n) is 2.06.